The van der Waals surface area contributed by atoms with Crippen molar-refractivity contribution < 1.29 is 27.1 Å². The van der Waals surface area contributed by atoms with Gasteiger partial charge < -0.3 is 10.1 Å². The highest BCUT2D eigenvalue weighted by Crippen LogP contribution is 2.22. The summed E-state index contributed by atoms with van der Waals surface area (Å²) in [5.74, 6) is -6.66. The maximum atomic E-state index is 12.4. The Hall–Kier alpha value is -1.11. The van der Waals surface area contributed by atoms with Gasteiger partial charge in [-0.1, -0.05) is 12.2 Å². The lowest BCUT2D eigenvalue weighted by Crippen LogP contribution is -2.46. The van der Waals surface area contributed by atoms with Gasteiger partial charge in [0.05, 0.1) is 13.2 Å². The minimum absolute atomic E-state index is 0.0437. The number of carbonyl (C=O) groups is 1. The van der Waals surface area contributed by atoms with E-state index in [1.807, 2.05) is 0 Å². The first-order valence-electron chi connectivity index (χ1n) is 4.45. The quantitative estimate of drug-likeness (QED) is 0.419. The van der Waals surface area contributed by atoms with Crippen LogP contribution in [0.25, 0.3) is 0 Å². The number of hydrogen-bond donors (Lipinski definition) is 1. The van der Waals surface area contributed by atoms with Crippen LogP contribution in [-0.2, 0) is 9.53 Å². The molecule has 0 radical (unpaired) electrons. The fourth-order valence-electron chi connectivity index (χ4n) is 0.700. The molecule has 0 aliphatic carbocycles. The Balaban J connectivity index is 3.78. The molecule has 0 aromatic carbocycles. The van der Waals surface area contributed by atoms with Crippen molar-refractivity contribution in [1.82, 2.24) is 5.32 Å². The van der Waals surface area contributed by atoms with E-state index < -0.39 is 18.3 Å². The first kappa shape index (κ1) is 14.9. The molecule has 0 aromatic rings. The van der Waals surface area contributed by atoms with E-state index in [0.717, 1.165) is 5.57 Å². The van der Waals surface area contributed by atoms with Crippen molar-refractivity contribution in [1.29, 1.82) is 0 Å². The van der Waals surface area contributed by atoms with Crippen LogP contribution < -0.4 is 5.32 Å². The largest absolute Gasteiger partial charge is 0.383 e. The Labute approximate surface area is 90.5 Å². The average molecular weight is 243 g/mol. The summed E-state index contributed by atoms with van der Waals surface area (Å²) < 4.78 is 53.0. The predicted octanol–water partition coefficient (Wildman–Crippen LogP) is 1.60. The normalized spacial score (nSPS) is 11.6. The summed E-state index contributed by atoms with van der Waals surface area (Å²) in [6, 6.07) is 0. The van der Waals surface area contributed by atoms with Crippen LogP contribution in [0.2, 0.25) is 0 Å². The first-order valence-corrected chi connectivity index (χ1v) is 4.45. The van der Waals surface area contributed by atoms with E-state index >= 15 is 0 Å². The molecule has 0 heterocycles. The summed E-state index contributed by atoms with van der Waals surface area (Å²) in [7, 11) is 0. The lowest BCUT2D eigenvalue weighted by molar-refractivity contribution is -0.169. The number of carbonyl (C=O) groups excluding carboxylic acids is 1. The Bertz CT molecular complexity index is 256. The van der Waals surface area contributed by atoms with E-state index in [0.29, 0.717) is 0 Å². The summed E-state index contributed by atoms with van der Waals surface area (Å²) in [4.78, 5) is 10.6. The molecule has 0 spiro atoms. The fraction of sp³-hybridized carbons (Fsp3) is 0.667. The lowest BCUT2D eigenvalue weighted by atomic mass is 10.3. The van der Waals surface area contributed by atoms with Gasteiger partial charge in [0.15, 0.2) is 0 Å². The zero-order valence-corrected chi connectivity index (χ0v) is 8.73. The molecule has 0 bridgehead atoms. The van der Waals surface area contributed by atoms with Crippen LogP contribution in [0.15, 0.2) is 12.2 Å². The van der Waals surface area contributed by atoms with Crippen LogP contribution in [0.5, 0.6) is 0 Å². The van der Waals surface area contributed by atoms with Crippen molar-refractivity contribution in [3.05, 3.63) is 12.2 Å². The van der Waals surface area contributed by atoms with E-state index in [-0.39, 0.29) is 19.8 Å². The third kappa shape index (κ3) is 5.11. The third-order valence-electron chi connectivity index (χ3n) is 1.46. The monoisotopic (exact) mass is 243 g/mol. The van der Waals surface area contributed by atoms with Crippen LogP contribution in [0.3, 0.4) is 0 Å². The predicted molar refractivity (Wildman–Crippen MR) is 49.6 cm³/mol. The Morgan fingerprint density at radius 3 is 2.50 bits per heavy atom. The average Bonchev–Trinajstić information content (AvgIpc) is 2.16. The lowest BCUT2D eigenvalue weighted by Gasteiger charge is -2.14. The zero-order valence-electron chi connectivity index (χ0n) is 8.73. The molecule has 0 aliphatic heterocycles. The molecule has 3 nitrogen and oxygen atoms in total. The van der Waals surface area contributed by atoms with Gasteiger partial charge in [-0.3, -0.25) is 4.79 Å². The smallest absolute Gasteiger partial charge is 0.375 e. The maximum absolute atomic E-state index is 12.4. The molecule has 1 amide bonds. The molecular formula is C9H13F4NO2. The van der Waals surface area contributed by atoms with Crippen molar-refractivity contribution >= 4 is 5.91 Å². The third-order valence-corrected chi connectivity index (χ3v) is 1.46. The minimum atomic E-state index is -4.66. The standard InChI is InChI=1S/C9H13F4NO2/c1-6(2)5-16-4-3-14-8(15)9(12,13)7(10)11/h7H,1,3-5H2,2H3,(H,14,15). The molecule has 0 fully saturated rings. The molecule has 0 atom stereocenters. The van der Waals surface area contributed by atoms with Gasteiger partial charge in [0.1, 0.15) is 0 Å². The second-order valence-corrected chi connectivity index (χ2v) is 3.19. The fourth-order valence-corrected chi connectivity index (χ4v) is 0.700. The van der Waals surface area contributed by atoms with E-state index in [1.54, 1.807) is 12.2 Å². The van der Waals surface area contributed by atoms with Gasteiger partial charge in [0.2, 0.25) is 0 Å². The highest BCUT2D eigenvalue weighted by Gasteiger charge is 2.48. The van der Waals surface area contributed by atoms with Crippen LogP contribution >= 0.6 is 0 Å². The highest BCUT2D eigenvalue weighted by molar-refractivity contribution is 5.83. The molecule has 0 rings (SSSR count). The van der Waals surface area contributed by atoms with E-state index in [2.05, 4.69) is 6.58 Å². The van der Waals surface area contributed by atoms with Crippen molar-refractivity contribution in [2.45, 2.75) is 19.3 Å². The van der Waals surface area contributed by atoms with Gasteiger partial charge in [0, 0.05) is 6.54 Å². The minimum Gasteiger partial charge on any atom is -0.375 e. The topological polar surface area (TPSA) is 38.3 Å². The Morgan fingerprint density at radius 1 is 1.50 bits per heavy atom. The summed E-state index contributed by atoms with van der Waals surface area (Å²) in [5, 5.41) is 1.65. The summed E-state index contributed by atoms with van der Waals surface area (Å²) in [6.07, 6.45) is -4.01. The zero-order chi connectivity index (χ0) is 12.8. The molecule has 7 heteroatoms. The number of amides is 1. The van der Waals surface area contributed by atoms with E-state index in [4.69, 9.17) is 4.74 Å². The Morgan fingerprint density at radius 2 is 2.06 bits per heavy atom. The van der Waals surface area contributed by atoms with Crippen LogP contribution in [-0.4, -0.2) is 38.0 Å². The maximum Gasteiger partial charge on any atom is 0.383 e. The summed E-state index contributed by atoms with van der Waals surface area (Å²) >= 11 is 0. The van der Waals surface area contributed by atoms with Gasteiger partial charge in [-0.15, -0.1) is 0 Å². The molecule has 94 valence electrons. The molecule has 0 unspecified atom stereocenters. The summed E-state index contributed by atoms with van der Waals surface area (Å²) in [6.45, 7) is 5.14. The molecule has 16 heavy (non-hydrogen) atoms. The number of nitrogens with one attached hydrogen (secondary N) is 1. The second kappa shape index (κ2) is 6.47. The molecule has 0 aliphatic rings. The van der Waals surface area contributed by atoms with Crippen molar-refractivity contribution in [3.63, 3.8) is 0 Å². The Kier molecular flexibility index (Phi) is 6.02. The van der Waals surface area contributed by atoms with Crippen LogP contribution in [0.1, 0.15) is 6.92 Å². The van der Waals surface area contributed by atoms with E-state index in [9.17, 15) is 22.4 Å². The second-order valence-electron chi connectivity index (χ2n) is 3.19. The molecular weight excluding hydrogens is 230 g/mol. The molecule has 0 saturated carbocycles. The SMILES string of the molecule is C=C(C)COCCNC(=O)C(F)(F)C(F)F. The van der Waals surface area contributed by atoms with Crippen molar-refractivity contribution in [2.75, 3.05) is 19.8 Å². The number of ether oxygens (including phenoxy) is 1. The van der Waals surface area contributed by atoms with Crippen molar-refractivity contribution in [3.8, 4) is 0 Å². The highest BCUT2D eigenvalue weighted by atomic mass is 19.3. The molecule has 1 N–H and O–H groups in total. The van der Waals surface area contributed by atoms with Gasteiger partial charge in [0.25, 0.3) is 5.91 Å². The van der Waals surface area contributed by atoms with Gasteiger partial charge in [-0.05, 0) is 6.92 Å². The van der Waals surface area contributed by atoms with Gasteiger partial charge >= 0.3 is 12.3 Å². The van der Waals surface area contributed by atoms with Gasteiger partial charge in [-0.25, -0.2) is 8.78 Å². The molecule has 0 saturated heterocycles. The van der Waals surface area contributed by atoms with Crippen LogP contribution in [0.4, 0.5) is 17.6 Å². The first-order chi connectivity index (χ1) is 7.28. The number of rotatable bonds is 7. The molecule has 0 aromatic heterocycles. The number of hydrogen-bond acceptors (Lipinski definition) is 2. The number of alkyl halides is 4. The summed E-state index contributed by atoms with van der Waals surface area (Å²) in [5.41, 5.74) is 0.726. The van der Waals surface area contributed by atoms with Crippen molar-refractivity contribution in [2.24, 2.45) is 0 Å². The van der Waals surface area contributed by atoms with E-state index in [1.165, 1.54) is 0 Å². The number of halogens is 4. The van der Waals surface area contributed by atoms with Crippen LogP contribution in [0, 0.1) is 0 Å². The van der Waals surface area contributed by atoms with Gasteiger partial charge in [-0.2, -0.15) is 8.78 Å².